The topological polar surface area (TPSA) is 140 Å². The van der Waals surface area contributed by atoms with Crippen LogP contribution < -0.4 is 21.1 Å². The summed E-state index contributed by atoms with van der Waals surface area (Å²) in [5.74, 6) is -9.99. The molecule has 0 radical (unpaired) electrons. The van der Waals surface area contributed by atoms with Gasteiger partial charge in [0, 0.05) is 51.9 Å². The van der Waals surface area contributed by atoms with Crippen molar-refractivity contribution < 1.29 is 37.7 Å². The number of likely N-dealkylation sites (tertiary alicyclic amines) is 1. The maximum atomic E-state index is 15.4. The van der Waals surface area contributed by atoms with Crippen molar-refractivity contribution in [3.63, 3.8) is 0 Å². The molecule has 0 saturated carbocycles. The minimum Gasteiger partial charge on any atom is -0.451 e. The van der Waals surface area contributed by atoms with E-state index in [9.17, 15) is 27.2 Å². The lowest BCUT2D eigenvalue weighted by Crippen LogP contribution is -2.38. The number of halogens is 5. The summed E-state index contributed by atoms with van der Waals surface area (Å²) in [6, 6.07) is 2.39. The molecule has 226 valence electrons. The van der Waals surface area contributed by atoms with Crippen molar-refractivity contribution in [1.82, 2.24) is 35.3 Å². The van der Waals surface area contributed by atoms with E-state index in [1.165, 1.54) is 36.3 Å². The number of hydrogen-bond donors (Lipinski definition) is 3. The highest BCUT2D eigenvalue weighted by Gasteiger charge is 2.31. The third kappa shape index (κ3) is 5.75. The highest BCUT2D eigenvalue weighted by atomic mass is 19.2. The number of benzene rings is 2. The number of fused-ring (bicyclic) bond motifs is 1. The van der Waals surface area contributed by atoms with Crippen molar-refractivity contribution in [2.75, 3.05) is 32.4 Å². The van der Waals surface area contributed by atoms with E-state index >= 15 is 4.39 Å². The van der Waals surface area contributed by atoms with Gasteiger partial charge in [0.05, 0.1) is 11.4 Å². The van der Waals surface area contributed by atoms with E-state index < -0.39 is 40.6 Å². The summed E-state index contributed by atoms with van der Waals surface area (Å²) in [7, 11) is 1.49. The van der Waals surface area contributed by atoms with Gasteiger partial charge < -0.3 is 26.0 Å². The molecule has 1 aliphatic heterocycles. The van der Waals surface area contributed by atoms with Crippen LogP contribution in [0.5, 0.6) is 11.5 Å². The average molecular weight is 605 g/mol. The molecule has 3 heterocycles. The Hall–Kier alpha value is -5.28. The molecule has 3 amide bonds. The van der Waals surface area contributed by atoms with Crippen molar-refractivity contribution in [3.05, 3.63) is 71.8 Å². The van der Waals surface area contributed by atoms with E-state index in [0.29, 0.717) is 13.0 Å². The summed E-state index contributed by atoms with van der Waals surface area (Å²) >= 11 is 0. The minimum absolute atomic E-state index is 0. The van der Waals surface area contributed by atoms with Gasteiger partial charge >= 0.3 is 6.03 Å². The number of hydrogen-bond acceptors (Lipinski definition) is 7. The zero-order valence-electron chi connectivity index (χ0n) is 22.4. The van der Waals surface area contributed by atoms with E-state index in [0.717, 1.165) is 12.1 Å². The highest BCUT2D eigenvalue weighted by Crippen LogP contribution is 2.37. The van der Waals surface area contributed by atoms with Gasteiger partial charge in [0.2, 0.25) is 23.3 Å². The Morgan fingerprint density at radius 1 is 1.12 bits per heavy atom. The number of carbonyl (C=O) groups excluding carboxylic acids is 2. The van der Waals surface area contributed by atoms with Crippen LogP contribution in [0.1, 0.15) is 13.9 Å². The lowest BCUT2D eigenvalue weighted by molar-refractivity contribution is -0.116. The first-order valence-corrected chi connectivity index (χ1v) is 12.8. The number of ether oxygens (including phenoxy) is 1. The maximum Gasteiger partial charge on any atom is 0.317 e. The van der Waals surface area contributed by atoms with E-state index in [-0.39, 0.29) is 66.7 Å². The van der Waals surface area contributed by atoms with Gasteiger partial charge in [-0.3, -0.25) is 4.79 Å². The summed E-state index contributed by atoms with van der Waals surface area (Å²) in [4.78, 5) is 33.7. The second kappa shape index (κ2) is 11.9. The molecule has 11 nitrogen and oxygen atoms in total. The van der Waals surface area contributed by atoms with Crippen LogP contribution in [0, 0.1) is 29.1 Å². The first-order valence-electron chi connectivity index (χ1n) is 12.8. The third-order valence-corrected chi connectivity index (χ3v) is 6.69. The minimum atomic E-state index is -1.78. The summed E-state index contributed by atoms with van der Waals surface area (Å²) in [6.45, 7) is 0.751. The van der Waals surface area contributed by atoms with Gasteiger partial charge in [0.1, 0.15) is 29.4 Å². The summed E-state index contributed by atoms with van der Waals surface area (Å²) in [5.41, 5.74) is 6.34. The van der Waals surface area contributed by atoms with Gasteiger partial charge in [-0.15, -0.1) is 0 Å². The average Bonchev–Trinajstić information content (AvgIpc) is 3.62. The van der Waals surface area contributed by atoms with Crippen LogP contribution in [0.25, 0.3) is 22.3 Å². The van der Waals surface area contributed by atoms with E-state index in [2.05, 4.69) is 25.7 Å². The van der Waals surface area contributed by atoms with Gasteiger partial charge in [-0.05, 0) is 18.6 Å². The number of nitrogens with two attached hydrogens (primary N) is 1. The number of urea groups is 1. The van der Waals surface area contributed by atoms with Crippen LogP contribution in [0.3, 0.4) is 0 Å². The van der Waals surface area contributed by atoms with Gasteiger partial charge in [0.25, 0.3) is 0 Å². The molecule has 4 aromatic rings. The molecule has 0 aliphatic carbocycles. The Morgan fingerprint density at radius 3 is 2.56 bits per heavy atom. The van der Waals surface area contributed by atoms with Crippen LogP contribution in [0.15, 0.2) is 42.7 Å². The number of anilines is 1. The van der Waals surface area contributed by atoms with Crippen molar-refractivity contribution >= 4 is 28.8 Å². The molecule has 43 heavy (non-hydrogen) atoms. The fourth-order valence-electron chi connectivity index (χ4n) is 4.58. The lowest BCUT2D eigenvalue weighted by atomic mass is 10.1. The van der Waals surface area contributed by atoms with Gasteiger partial charge in [-0.25, -0.2) is 32.6 Å². The predicted octanol–water partition coefficient (Wildman–Crippen LogP) is 4.07. The molecule has 0 spiro atoms. The van der Waals surface area contributed by atoms with Crippen LogP contribution in [0.4, 0.5) is 32.6 Å². The number of amides is 3. The molecule has 2 aromatic heterocycles. The fraction of sp³-hybridized carbons (Fsp3) is 0.222. The number of nitrogen functional groups attached to an aromatic ring is 1. The Morgan fingerprint density at radius 2 is 1.86 bits per heavy atom. The summed E-state index contributed by atoms with van der Waals surface area (Å²) in [5, 5.41) is 9.89. The molecule has 4 N–H and O–H groups in total. The normalized spacial score (nSPS) is 14.9. The fourth-order valence-corrected chi connectivity index (χ4v) is 4.58. The Balaban J connectivity index is 0.00000442. The van der Waals surface area contributed by atoms with E-state index in [1.54, 1.807) is 4.90 Å². The first-order chi connectivity index (χ1) is 20.6. The SMILES string of the molecule is CNC(=O)/C=C/CNC(=O)N1CC[C@@H](n2nc(-c3ccc(Oc4c(F)c(F)cc(F)c4F)cc3F)c3c(N)ncnc32)C1.[HH]. The van der Waals surface area contributed by atoms with E-state index in [1.807, 2.05) is 0 Å². The predicted molar refractivity (Wildman–Crippen MR) is 145 cm³/mol. The van der Waals surface area contributed by atoms with Gasteiger partial charge in [0.15, 0.2) is 17.3 Å². The van der Waals surface area contributed by atoms with Crippen LogP contribution in [-0.2, 0) is 4.79 Å². The second-order valence-electron chi connectivity index (χ2n) is 9.38. The third-order valence-electron chi connectivity index (χ3n) is 6.69. The molecule has 16 heteroatoms. The largest absolute Gasteiger partial charge is 0.451 e. The van der Waals surface area contributed by atoms with E-state index in [4.69, 9.17) is 10.5 Å². The molecule has 1 fully saturated rings. The molecule has 0 unspecified atom stereocenters. The molecular weight excluding hydrogens is 579 g/mol. The number of likely N-dealkylation sites (N-methyl/N-ethyl adjacent to an activating group) is 1. The standard InChI is InChI=1S/C27H23F5N8O3.H2/c1-34-19(41)3-2-7-35-27(42)39-8-6-13(11-39)40-26-20(25(33)36-12-37-26)23(38-40)15-5-4-14(9-16(15)28)43-24-21(31)17(29)10-18(30)22(24)32;/h2-5,9-10,12-13H,6-8,11H2,1H3,(H,34,41)(H,35,42)(H2,33,36,37);1H/b3-2+;/t13-;/m1./s1. The molecule has 1 aliphatic rings. The number of nitrogens with zero attached hydrogens (tertiary/aromatic N) is 5. The quantitative estimate of drug-likeness (QED) is 0.164. The Kier molecular flexibility index (Phi) is 8.09. The highest BCUT2D eigenvalue weighted by molar-refractivity contribution is 5.98. The monoisotopic (exact) mass is 604 g/mol. The zero-order valence-corrected chi connectivity index (χ0v) is 22.4. The molecule has 1 saturated heterocycles. The molecule has 1 atom stereocenters. The van der Waals surface area contributed by atoms with Crippen LogP contribution in [0.2, 0.25) is 0 Å². The molecule has 5 rings (SSSR count). The van der Waals surface area contributed by atoms with Gasteiger partial charge in [-0.2, -0.15) is 13.9 Å². The number of carbonyl (C=O) groups is 2. The summed E-state index contributed by atoms with van der Waals surface area (Å²) < 4.78 is 77.1. The maximum absolute atomic E-state index is 15.4. The van der Waals surface area contributed by atoms with Crippen molar-refractivity contribution in [3.8, 4) is 22.8 Å². The second-order valence-corrected chi connectivity index (χ2v) is 9.38. The van der Waals surface area contributed by atoms with Crippen LogP contribution in [-0.4, -0.2) is 63.3 Å². The first kappa shape index (κ1) is 29.2. The number of rotatable bonds is 7. The summed E-state index contributed by atoms with van der Waals surface area (Å²) in [6.07, 6.45) is 4.50. The number of aromatic nitrogens is 4. The van der Waals surface area contributed by atoms with Crippen molar-refractivity contribution in [2.45, 2.75) is 12.5 Å². The number of nitrogens with one attached hydrogen (secondary N) is 2. The Bertz CT molecular complexity index is 1740. The zero-order chi connectivity index (χ0) is 30.8. The van der Waals surface area contributed by atoms with Crippen LogP contribution >= 0.6 is 0 Å². The smallest absolute Gasteiger partial charge is 0.317 e. The van der Waals surface area contributed by atoms with Gasteiger partial charge in [-0.1, -0.05) is 6.08 Å². The van der Waals surface area contributed by atoms with Crippen molar-refractivity contribution in [2.24, 2.45) is 0 Å². The molecule has 2 aromatic carbocycles. The molecule has 0 bridgehead atoms. The Labute approximate surface area is 241 Å². The van der Waals surface area contributed by atoms with Crippen molar-refractivity contribution in [1.29, 1.82) is 0 Å². The lowest BCUT2D eigenvalue weighted by Gasteiger charge is -2.17. The molecular formula is C27H25F5N8O3.